The van der Waals surface area contributed by atoms with Crippen LogP contribution < -0.4 is 4.74 Å². The predicted octanol–water partition coefficient (Wildman–Crippen LogP) is 2.81. The van der Waals surface area contributed by atoms with Gasteiger partial charge in [0.15, 0.2) is 6.29 Å². The molecule has 2 saturated carbocycles. The standard InChI is InChI=1S/C23H28N4O4/c1-23(2)14-29-21(30-15-23)13-27-12-19(25-26-27)22-20(31-18-7-8-18)10-16(11-24-22)4-3-9-28-17-5-6-17/h10-12,17-18,21H,5-9,13-15H2,1-2H3. The molecule has 0 N–H and O–H groups in total. The second-order valence-electron chi connectivity index (χ2n) is 9.24. The van der Waals surface area contributed by atoms with Gasteiger partial charge in [-0.2, -0.15) is 0 Å². The molecule has 164 valence electrons. The van der Waals surface area contributed by atoms with Gasteiger partial charge in [0.05, 0.1) is 38.2 Å². The molecule has 8 heteroatoms. The van der Waals surface area contributed by atoms with E-state index in [4.69, 9.17) is 18.9 Å². The van der Waals surface area contributed by atoms with Gasteiger partial charge in [-0.15, -0.1) is 5.10 Å². The normalized spacial score (nSPS) is 20.8. The number of rotatable bonds is 7. The minimum Gasteiger partial charge on any atom is -0.488 e. The summed E-state index contributed by atoms with van der Waals surface area (Å²) in [6.45, 7) is 6.49. The third kappa shape index (κ3) is 5.62. The van der Waals surface area contributed by atoms with Crippen molar-refractivity contribution in [1.82, 2.24) is 20.0 Å². The summed E-state index contributed by atoms with van der Waals surface area (Å²) in [5, 5.41) is 8.53. The van der Waals surface area contributed by atoms with Gasteiger partial charge in [-0.3, -0.25) is 0 Å². The number of aromatic nitrogens is 4. The molecule has 3 fully saturated rings. The van der Waals surface area contributed by atoms with Crippen LogP contribution in [0.25, 0.3) is 11.4 Å². The Morgan fingerprint density at radius 2 is 1.94 bits per heavy atom. The van der Waals surface area contributed by atoms with Crippen LogP contribution in [-0.4, -0.2) is 58.3 Å². The maximum atomic E-state index is 6.10. The molecule has 0 bridgehead atoms. The van der Waals surface area contributed by atoms with Gasteiger partial charge < -0.3 is 18.9 Å². The Labute approximate surface area is 182 Å². The van der Waals surface area contributed by atoms with E-state index < -0.39 is 0 Å². The molecule has 2 aromatic heterocycles. The number of pyridine rings is 1. The zero-order chi connectivity index (χ0) is 21.3. The summed E-state index contributed by atoms with van der Waals surface area (Å²) in [5.74, 6) is 6.86. The maximum Gasteiger partial charge on any atom is 0.177 e. The lowest BCUT2D eigenvalue weighted by atomic mass is 9.96. The Morgan fingerprint density at radius 3 is 2.68 bits per heavy atom. The van der Waals surface area contributed by atoms with Gasteiger partial charge in [-0.1, -0.05) is 30.9 Å². The van der Waals surface area contributed by atoms with E-state index in [0.29, 0.717) is 49.6 Å². The Bertz CT molecular complexity index is 975. The largest absolute Gasteiger partial charge is 0.488 e. The second kappa shape index (κ2) is 8.58. The zero-order valence-corrected chi connectivity index (χ0v) is 18.0. The second-order valence-corrected chi connectivity index (χ2v) is 9.24. The Kier molecular flexibility index (Phi) is 5.65. The van der Waals surface area contributed by atoms with Gasteiger partial charge in [0.25, 0.3) is 0 Å². The first kappa shape index (κ1) is 20.4. The SMILES string of the molecule is CC1(C)COC(Cn2cc(-c3ncc(C#CCOC4CC4)cc3OC3CC3)nn2)OC1. The van der Waals surface area contributed by atoms with E-state index in [1.165, 1.54) is 0 Å². The van der Waals surface area contributed by atoms with Crippen LogP contribution in [0.3, 0.4) is 0 Å². The highest BCUT2D eigenvalue weighted by Gasteiger charge is 2.29. The van der Waals surface area contributed by atoms with Crippen molar-refractivity contribution >= 4 is 0 Å². The van der Waals surface area contributed by atoms with E-state index in [-0.39, 0.29) is 17.8 Å². The van der Waals surface area contributed by atoms with Gasteiger partial charge in [0.1, 0.15) is 23.7 Å². The highest BCUT2D eigenvalue weighted by atomic mass is 16.7. The quantitative estimate of drug-likeness (QED) is 0.632. The van der Waals surface area contributed by atoms with Gasteiger partial charge in [0.2, 0.25) is 0 Å². The summed E-state index contributed by atoms with van der Waals surface area (Å²) in [7, 11) is 0. The van der Waals surface area contributed by atoms with Crippen LogP contribution in [0.5, 0.6) is 5.75 Å². The first-order valence-corrected chi connectivity index (χ1v) is 10.9. The van der Waals surface area contributed by atoms with Crippen molar-refractivity contribution in [3.05, 3.63) is 24.0 Å². The lowest BCUT2D eigenvalue weighted by Crippen LogP contribution is -2.39. The summed E-state index contributed by atoms with van der Waals surface area (Å²) in [4.78, 5) is 4.59. The van der Waals surface area contributed by atoms with Crippen LogP contribution in [-0.2, 0) is 20.8 Å². The van der Waals surface area contributed by atoms with E-state index in [2.05, 4.69) is 41.0 Å². The Hall–Kier alpha value is -2.47. The molecule has 2 aromatic rings. The number of hydrogen-bond donors (Lipinski definition) is 0. The van der Waals surface area contributed by atoms with E-state index in [9.17, 15) is 0 Å². The number of nitrogens with zero attached hydrogens (tertiary/aromatic N) is 4. The molecule has 1 saturated heterocycles. The van der Waals surface area contributed by atoms with Crippen molar-refractivity contribution in [3.63, 3.8) is 0 Å². The third-order valence-corrected chi connectivity index (χ3v) is 5.26. The molecule has 0 aromatic carbocycles. The summed E-state index contributed by atoms with van der Waals surface area (Å²) < 4.78 is 25.0. The van der Waals surface area contributed by atoms with Crippen molar-refractivity contribution in [2.45, 2.75) is 64.6 Å². The van der Waals surface area contributed by atoms with Crippen LogP contribution in [0.2, 0.25) is 0 Å². The van der Waals surface area contributed by atoms with Crippen molar-refractivity contribution in [2.24, 2.45) is 5.41 Å². The fraction of sp³-hybridized carbons (Fsp3) is 0.609. The predicted molar refractivity (Wildman–Crippen MR) is 112 cm³/mol. The zero-order valence-electron chi connectivity index (χ0n) is 18.0. The molecule has 3 aliphatic rings. The highest BCUT2D eigenvalue weighted by Crippen LogP contribution is 2.33. The van der Waals surface area contributed by atoms with E-state index in [1.54, 1.807) is 10.9 Å². The summed E-state index contributed by atoms with van der Waals surface area (Å²) in [6, 6.07) is 1.93. The van der Waals surface area contributed by atoms with Crippen LogP contribution in [0, 0.1) is 17.3 Å². The summed E-state index contributed by atoms with van der Waals surface area (Å²) in [6.07, 6.45) is 8.33. The van der Waals surface area contributed by atoms with Crippen molar-refractivity contribution in [1.29, 1.82) is 0 Å². The van der Waals surface area contributed by atoms with E-state index in [0.717, 1.165) is 31.2 Å². The molecular weight excluding hydrogens is 396 g/mol. The first-order valence-electron chi connectivity index (χ1n) is 10.9. The van der Waals surface area contributed by atoms with Gasteiger partial charge >= 0.3 is 0 Å². The molecule has 0 amide bonds. The smallest absolute Gasteiger partial charge is 0.177 e. The third-order valence-electron chi connectivity index (χ3n) is 5.26. The van der Waals surface area contributed by atoms with Crippen LogP contribution in [0.15, 0.2) is 18.5 Å². The fourth-order valence-corrected chi connectivity index (χ4v) is 3.17. The molecule has 1 aliphatic heterocycles. The average molecular weight is 425 g/mol. The van der Waals surface area contributed by atoms with E-state index in [1.807, 2.05) is 12.3 Å². The topological polar surface area (TPSA) is 80.5 Å². The van der Waals surface area contributed by atoms with Crippen molar-refractivity contribution < 1.29 is 18.9 Å². The van der Waals surface area contributed by atoms with Gasteiger partial charge in [-0.05, 0) is 31.7 Å². The molecule has 0 unspecified atom stereocenters. The highest BCUT2D eigenvalue weighted by molar-refractivity contribution is 5.63. The molecule has 0 spiro atoms. The molecule has 0 atom stereocenters. The molecule has 5 rings (SSSR count). The number of ether oxygens (including phenoxy) is 4. The van der Waals surface area contributed by atoms with Crippen LogP contribution in [0.4, 0.5) is 0 Å². The lowest BCUT2D eigenvalue weighted by molar-refractivity contribution is -0.227. The fourth-order valence-electron chi connectivity index (χ4n) is 3.17. The summed E-state index contributed by atoms with van der Waals surface area (Å²) >= 11 is 0. The van der Waals surface area contributed by atoms with Crippen LogP contribution >= 0.6 is 0 Å². The minimum absolute atomic E-state index is 0.0393. The van der Waals surface area contributed by atoms with Crippen molar-refractivity contribution in [2.75, 3.05) is 19.8 Å². The maximum absolute atomic E-state index is 6.10. The monoisotopic (exact) mass is 424 g/mol. The molecule has 3 heterocycles. The number of hydrogen-bond acceptors (Lipinski definition) is 7. The van der Waals surface area contributed by atoms with Crippen molar-refractivity contribution in [3.8, 4) is 29.0 Å². The Morgan fingerprint density at radius 1 is 1.16 bits per heavy atom. The lowest BCUT2D eigenvalue weighted by Gasteiger charge is -2.34. The Balaban J connectivity index is 1.28. The molecule has 31 heavy (non-hydrogen) atoms. The summed E-state index contributed by atoms with van der Waals surface area (Å²) in [5.41, 5.74) is 2.17. The minimum atomic E-state index is -0.326. The van der Waals surface area contributed by atoms with Crippen LogP contribution in [0.1, 0.15) is 45.1 Å². The molecular formula is C23H28N4O4. The molecule has 8 nitrogen and oxygen atoms in total. The molecule has 2 aliphatic carbocycles. The van der Waals surface area contributed by atoms with Gasteiger partial charge in [0, 0.05) is 17.2 Å². The van der Waals surface area contributed by atoms with E-state index >= 15 is 0 Å². The first-order chi connectivity index (χ1) is 15.0. The average Bonchev–Trinajstić information content (AvgIpc) is 3.68. The molecule has 0 radical (unpaired) electrons. The van der Waals surface area contributed by atoms with Gasteiger partial charge in [-0.25, -0.2) is 9.67 Å².